The molecule has 0 spiro atoms. The SMILES string of the molecule is COc1ccc(CCS(=O)(=O)NC(=O)c2ccc(C(=O)NC(=O)CN)nc2)cc1. The number of amides is 3. The first-order chi connectivity index (χ1) is 13.7. The number of benzene rings is 1. The lowest BCUT2D eigenvalue weighted by Gasteiger charge is -2.08. The number of aromatic nitrogens is 1. The molecule has 154 valence electrons. The summed E-state index contributed by atoms with van der Waals surface area (Å²) in [5, 5.41) is 2.00. The van der Waals surface area contributed by atoms with Gasteiger partial charge in [0, 0.05) is 6.20 Å². The van der Waals surface area contributed by atoms with Crippen LogP contribution in [0, 0.1) is 0 Å². The fourth-order valence-corrected chi connectivity index (χ4v) is 3.21. The number of nitrogens with two attached hydrogens (primary N) is 1. The Morgan fingerprint density at radius 2 is 1.76 bits per heavy atom. The summed E-state index contributed by atoms with van der Waals surface area (Å²) < 4.78 is 31.3. The lowest BCUT2D eigenvalue weighted by atomic mass is 10.2. The predicted octanol–water partition coefficient (Wildman–Crippen LogP) is -0.392. The van der Waals surface area contributed by atoms with Crippen LogP contribution in [0.25, 0.3) is 0 Å². The van der Waals surface area contributed by atoms with Crippen molar-refractivity contribution in [2.24, 2.45) is 5.73 Å². The van der Waals surface area contributed by atoms with Crippen LogP contribution in [0.4, 0.5) is 0 Å². The molecule has 0 atom stereocenters. The molecular weight excluding hydrogens is 400 g/mol. The van der Waals surface area contributed by atoms with Gasteiger partial charge in [0.05, 0.1) is 25.0 Å². The summed E-state index contributed by atoms with van der Waals surface area (Å²) in [6, 6.07) is 9.32. The van der Waals surface area contributed by atoms with Crippen molar-refractivity contribution in [3.8, 4) is 5.75 Å². The number of imide groups is 1. The van der Waals surface area contributed by atoms with Gasteiger partial charge in [-0.2, -0.15) is 0 Å². The molecule has 0 fully saturated rings. The van der Waals surface area contributed by atoms with Gasteiger partial charge in [-0.3, -0.25) is 24.7 Å². The smallest absolute Gasteiger partial charge is 0.276 e. The van der Waals surface area contributed by atoms with Gasteiger partial charge >= 0.3 is 0 Å². The summed E-state index contributed by atoms with van der Waals surface area (Å²) in [5.41, 5.74) is 5.69. The van der Waals surface area contributed by atoms with Crippen LogP contribution < -0.4 is 20.5 Å². The van der Waals surface area contributed by atoms with Gasteiger partial charge in [0.1, 0.15) is 11.4 Å². The van der Waals surface area contributed by atoms with Crippen LogP contribution in [-0.2, 0) is 21.2 Å². The van der Waals surface area contributed by atoms with Crippen LogP contribution in [0.1, 0.15) is 26.4 Å². The highest BCUT2D eigenvalue weighted by Gasteiger charge is 2.18. The third-order valence-corrected chi connectivity index (χ3v) is 5.00. The van der Waals surface area contributed by atoms with Gasteiger partial charge in [0.2, 0.25) is 15.9 Å². The van der Waals surface area contributed by atoms with Crippen molar-refractivity contribution in [3.05, 3.63) is 59.4 Å². The zero-order chi connectivity index (χ0) is 21.4. The molecule has 0 aliphatic heterocycles. The van der Waals surface area contributed by atoms with Crippen LogP contribution in [0.5, 0.6) is 5.75 Å². The minimum absolute atomic E-state index is 0.0558. The number of hydrogen-bond donors (Lipinski definition) is 3. The van der Waals surface area contributed by atoms with E-state index in [0.717, 1.165) is 11.8 Å². The minimum Gasteiger partial charge on any atom is -0.497 e. The molecule has 0 aliphatic rings. The largest absolute Gasteiger partial charge is 0.497 e. The second kappa shape index (κ2) is 9.75. The highest BCUT2D eigenvalue weighted by molar-refractivity contribution is 7.90. The van der Waals surface area contributed by atoms with E-state index >= 15 is 0 Å². The first-order valence-corrected chi connectivity index (χ1v) is 10.1. The van der Waals surface area contributed by atoms with Crippen molar-refractivity contribution in [3.63, 3.8) is 0 Å². The van der Waals surface area contributed by atoms with Crippen LogP contribution >= 0.6 is 0 Å². The molecule has 1 heterocycles. The van der Waals surface area contributed by atoms with Crippen LogP contribution in [-0.4, -0.2) is 50.5 Å². The van der Waals surface area contributed by atoms with E-state index in [2.05, 4.69) is 4.98 Å². The first kappa shape index (κ1) is 22.0. The van der Waals surface area contributed by atoms with Gasteiger partial charge in [0.15, 0.2) is 0 Å². The third-order valence-electron chi connectivity index (χ3n) is 3.76. The zero-order valence-electron chi connectivity index (χ0n) is 15.5. The Morgan fingerprint density at radius 1 is 1.07 bits per heavy atom. The molecule has 4 N–H and O–H groups in total. The topological polar surface area (TPSA) is 158 Å². The number of ether oxygens (including phenoxy) is 1. The summed E-state index contributed by atoms with van der Waals surface area (Å²) in [7, 11) is -2.35. The maximum atomic E-state index is 12.1. The van der Waals surface area contributed by atoms with Gasteiger partial charge in [0.25, 0.3) is 11.8 Å². The van der Waals surface area contributed by atoms with E-state index in [1.54, 1.807) is 24.3 Å². The number of nitrogens with zero attached hydrogens (tertiary/aromatic N) is 1. The first-order valence-electron chi connectivity index (χ1n) is 8.42. The maximum Gasteiger partial charge on any atom is 0.276 e. The molecule has 3 amide bonds. The summed E-state index contributed by atoms with van der Waals surface area (Å²) in [4.78, 5) is 38.7. The van der Waals surface area contributed by atoms with Crippen molar-refractivity contribution in [2.75, 3.05) is 19.4 Å². The number of rotatable bonds is 8. The average Bonchev–Trinajstić information content (AvgIpc) is 2.72. The predicted molar refractivity (Wildman–Crippen MR) is 104 cm³/mol. The fraction of sp³-hybridized carbons (Fsp3) is 0.222. The molecule has 11 heteroatoms. The number of nitrogens with one attached hydrogen (secondary N) is 2. The van der Waals surface area contributed by atoms with E-state index in [-0.39, 0.29) is 30.0 Å². The highest BCUT2D eigenvalue weighted by Crippen LogP contribution is 2.12. The second-order valence-electron chi connectivity index (χ2n) is 5.86. The quantitative estimate of drug-likeness (QED) is 0.521. The second-order valence-corrected chi connectivity index (χ2v) is 7.70. The summed E-state index contributed by atoms with van der Waals surface area (Å²) >= 11 is 0. The molecule has 10 nitrogen and oxygen atoms in total. The summed E-state index contributed by atoms with van der Waals surface area (Å²) in [6.07, 6.45) is 1.25. The summed E-state index contributed by atoms with van der Waals surface area (Å²) in [6.45, 7) is -0.361. The van der Waals surface area contributed by atoms with Crippen molar-refractivity contribution in [1.82, 2.24) is 15.0 Å². The van der Waals surface area contributed by atoms with Crippen molar-refractivity contribution < 1.29 is 27.5 Å². The maximum absolute atomic E-state index is 12.1. The van der Waals surface area contributed by atoms with Gasteiger partial charge in [-0.05, 0) is 36.2 Å². The molecule has 0 aliphatic carbocycles. The number of pyridine rings is 1. The van der Waals surface area contributed by atoms with Crippen LogP contribution in [0.15, 0.2) is 42.6 Å². The Labute approximate surface area is 167 Å². The van der Waals surface area contributed by atoms with Crippen LogP contribution in [0.2, 0.25) is 0 Å². The average molecular weight is 420 g/mol. The number of hydrogen-bond acceptors (Lipinski definition) is 8. The Balaban J connectivity index is 1.95. The Hall–Kier alpha value is -3.31. The van der Waals surface area contributed by atoms with Gasteiger partial charge in [-0.25, -0.2) is 13.1 Å². The molecule has 29 heavy (non-hydrogen) atoms. The Morgan fingerprint density at radius 3 is 2.31 bits per heavy atom. The van der Waals surface area contributed by atoms with Crippen molar-refractivity contribution >= 4 is 27.7 Å². The number of carbonyl (C=O) groups excluding carboxylic acids is 3. The van der Waals surface area contributed by atoms with Gasteiger partial charge in [-0.1, -0.05) is 12.1 Å². The zero-order valence-corrected chi connectivity index (χ0v) is 16.4. The standard InChI is InChI=1S/C18H20N4O6S/c1-28-14-5-2-12(3-6-14)8-9-29(26,27)22-17(24)13-4-7-15(20-11-13)18(25)21-16(23)10-19/h2-7,11H,8-10,19H2,1H3,(H,22,24)(H,21,23,25). The van der Waals surface area contributed by atoms with E-state index in [1.165, 1.54) is 19.2 Å². The molecule has 0 radical (unpaired) electrons. The molecule has 0 saturated heterocycles. The van der Waals surface area contributed by atoms with Crippen molar-refractivity contribution in [1.29, 1.82) is 0 Å². The molecule has 2 aromatic rings. The highest BCUT2D eigenvalue weighted by atomic mass is 32.2. The molecule has 1 aromatic carbocycles. The number of sulfonamides is 1. The van der Waals surface area contributed by atoms with Gasteiger partial charge < -0.3 is 10.5 Å². The monoisotopic (exact) mass is 420 g/mol. The Bertz CT molecular complexity index is 988. The molecule has 0 unspecified atom stereocenters. The molecule has 1 aromatic heterocycles. The van der Waals surface area contributed by atoms with E-state index in [4.69, 9.17) is 10.5 Å². The molecule has 0 saturated carbocycles. The lowest BCUT2D eigenvalue weighted by molar-refractivity contribution is -0.118. The van der Waals surface area contributed by atoms with Gasteiger partial charge in [-0.15, -0.1) is 0 Å². The van der Waals surface area contributed by atoms with Crippen molar-refractivity contribution in [2.45, 2.75) is 6.42 Å². The van der Waals surface area contributed by atoms with E-state index < -0.39 is 27.7 Å². The van der Waals surface area contributed by atoms with Crippen LogP contribution in [0.3, 0.4) is 0 Å². The Kier molecular flexibility index (Phi) is 7.39. The minimum atomic E-state index is -3.88. The number of methoxy groups -OCH3 is 1. The fourth-order valence-electron chi connectivity index (χ4n) is 2.20. The van der Waals surface area contributed by atoms with E-state index in [9.17, 15) is 22.8 Å². The molecule has 0 bridgehead atoms. The normalized spacial score (nSPS) is 10.8. The third kappa shape index (κ3) is 6.66. The van der Waals surface area contributed by atoms with E-state index in [1.807, 2.05) is 10.0 Å². The van der Waals surface area contributed by atoms with E-state index in [0.29, 0.717) is 5.75 Å². The number of carbonyl (C=O) groups is 3. The molecular formula is C18H20N4O6S. The number of aryl methyl sites for hydroxylation is 1. The summed E-state index contributed by atoms with van der Waals surface area (Å²) in [5.74, 6) is -1.97. The lowest BCUT2D eigenvalue weighted by Crippen LogP contribution is -2.36. The molecule has 2 rings (SSSR count).